The molecule has 0 radical (unpaired) electrons. The number of carbonyl (C=O) groups is 3. The molecule has 184 valence electrons. The van der Waals surface area contributed by atoms with Crippen LogP contribution in [-0.2, 0) is 29.9 Å². The first-order chi connectivity index (χ1) is 16.8. The van der Waals surface area contributed by atoms with Gasteiger partial charge in [-0.05, 0) is 23.5 Å². The maximum atomic E-state index is 13.6. The Kier molecular flexibility index (Phi) is 7.50. The zero-order valence-corrected chi connectivity index (χ0v) is 20.7. The zero-order valence-electron chi connectivity index (χ0n) is 19.9. The third kappa shape index (κ3) is 5.07. The normalized spacial score (nSPS) is 20.1. The van der Waals surface area contributed by atoms with Gasteiger partial charge in [0.05, 0.1) is 22.8 Å². The number of fused-ring (bicyclic) bond motifs is 1. The lowest BCUT2D eigenvalue weighted by atomic mass is 9.79. The van der Waals surface area contributed by atoms with Gasteiger partial charge in [0, 0.05) is 23.5 Å². The molecular weight excluding hydrogens is 464 g/mol. The summed E-state index contributed by atoms with van der Waals surface area (Å²) in [6.45, 7) is 3.95. The molecule has 2 aliphatic rings. The highest BCUT2D eigenvalue weighted by atomic mass is 32.2. The first-order valence-corrected chi connectivity index (χ1v) is 13.1. The third-order valence-corrected chi connectivity index (χ3v) is 8.11. The Hall–Kier alpha value is -3.26. The van der Waals surface area contributed by atoms with Crippen molar-refractivity contribution in [3.05, 3.63) is 82.4 Å². The topological polar surface area (TPSA) is 107 Å². The molecule has 8 heteroatoms. The lowest BCUT2D eigenvalue weighted by Crippen LogP contribution is -2.60. The first kappa shape index (κ1) is 24.9. The van der Waals surface area contributed by atoms with Crippen molar-refractivity contribution in [3.63, 3.8) is 0 Å². The van der Waals surface area contributed by atoms with Gasteiger partial charge in [0.2, 0.25) is 11.8 Å². The van der Waals surface area contributed by atoms with Crippen molar-refractivity contribution in [2.45, 2.75) is 45.3 Å². The fourth-order valence-electron chi connectivity index (χ4n) is 4.87. The van der Waals surface area contributed by atoms with Crippen molar-refractivity contribution in [1.82, 2.24) is 4.90 Å². The van der Waals surface area contributed by atoms with E-state index in [1.807, 2.05) is 74.5 Å². The highest BCUT2D eigenvalue weighted by Gasteiger charge is 2.57. The summed E-state index contributed by atoms with van der Waals surface area (Å²) < 4.78 is 19.3. The number of nitrogens with zero attached hydrogens (tertiary/aromatic N) is 1. The molecule has 1 fully saturated rings. The molecule has 2 aromatic rings. The number of esters is 1. The Morgan fingerprint density at radius 3 is 2.14 bits per heavy atom. The van der Waals surface area contributed by atoms with E-state index in [9.17, 15) is 18.6 Å². The van der Waals surface area contributed by atoms with E-state index in [0.29, 0.717) is 17.7 Å². The third-order valence-electron chi connectivity index (χ3n) is 6.54. The van der Waals surface area contributed by atoms with Crippen LogP contribution >= 0.6 is 0 Å². The van der Waals surface area contributed by atoms with Crippen LogP contribution in [0.4, 0.5) is 0 Å². The molecule has 4 rings (SSSR count). The van der Waals surface area contributed by atoms with Crippen molar-refractivity contribution < 1.29 is 23.3 Å². The average molecular weight is 495 g/mol. The van der Waals surface area contributed by atoms with Crippen LogP contribution in [0.15, 0.2) is 71.3 Å². The standard InChI is InChI=1S/C27H30N2O5S/c1-17(2)23-20-16-21(35(33)15-9-14-22(28)30)24(29(20)26(23)31)27(32)34-25(18-10-5-3-6-11-18)19-12-7-4-8-13-19/h3-8,10-13,17,20,23,25H,9,14-16H2,1-2H3,(H2,28,30). The summed E-state index contributed by atoms with van der Waals surface area (Å²) in [7, 11) is -1.53. The second-order valence-corrected chi connectivity index (χ2v) is 10.8. The molecule has 35 heavy (non-hydrogen) atoms. The second kappa shape index (κ2) is 10.6. The number of carbonyl (C=O) groups excluding carboxylic acids is 3. The van der Waals surface area contributed by atoms with Crippen molar-refractivity contribution >= 4 is 28.6 Å². The van der Waals surface area contributed by atoms with Gasteiger partial charge in [-0.25, -0.2) is 4.79 Å². The minimum absolute atomic E-state index is 0.0890. The fraction of sp³-hybridized carbons (Fsp3) is 0.370. The van der Waals surface area contributed by atoms with E-state index in [4.69, 9.17) is 10.5 Å². The van der Waals surface area contributed by atoms with Crippen molar-refractivity contribution in [1.29, 1.82) is 0 Å². The van der Waals surface area contributed by atoms with Gasteiger partial charge in [-0.15, -0.1) is 0 Å². The fourth-order valence-corrected chi connectivity index (χ4v) is 6.28. The number of ether oxygens (including phenoxy) is 1. The number of primary amides is 1. The largest absolute Gasteiger partial charge is 0.448 e. The second-order valence-electron chi connectivity index (χ2n) is 9.25. The van der Waals surface area contributed by atoms with Gasteiger partial charge in [0.15, 0.2) is 6.10 Å². The summed E-state index contributed by atoms with van der Waals surface area (Å²) in [6, 6.07) is 18.6. The summed E-state index contributed by atoms with van der Waals surface area (Å²) >= 11 is 0. The van der Waals surface area contributed by atoms with Crippen molar-refractivity contribution in [2.75, 3.05) is 5.75 Å². The quantitative estimate of drug-likeness (QED) is 0.402. The van der Waals surface area contributed by atoms with Crippen molar-refractivity contribution in [2.24, 2.45) is 17.6 Å². The minimum atomic E-state index is -1.53. The molecule has 2 aliphatic heterocycles. The predicted molar refractivity (Wildman–Crippen MR) is 133 cm³/mol. The van der Waals surface area contributed by atoms with E-state index in [0.717, 1.165) is 11.1 Å². The van der Waals surface area contributed by atoms with E-state index >= 15 is 0 Å². The number of rotatable bonds is 10. The summed E-state index contributed by atoms with van der Waals surface area (Å²) in [5, 5.41) is 0. The summed E-state index contributed by atoms with van der Waals surface area (Å²) in [5.41, 5.74) is 6.89. The molecule has 0 aromatic heterocycles. The van der Waals surface area contributed by atoms with Gasteiger partial charge in [-0.1, -0.05) is 74.5 Å². The number of hydrogen-bond acceptors (Lipinski definition) is 5. The Morgan fingerprint density at radius 1 is 1.06 bits per heavy atom. The van der Waals surface area contributed by atoms with Crippen molar-refractivity contribution in [3.8, 4) is 0 Å². The molecule has 0 spiro atoms. The highest BCUT2D eigenvalue weighted by molar-refractivity contribution is 7.89. The Morgan fingerprint density at radius 2 is 1.63 bits per heavy atom. The monoisotopic (exact) mass is 494 g/mol. The van der Waals surface area contributed by atoms with Crippen LogP contribution in [0.1, 0.15) is 50.3 Å². The maximum absolute atomic E-state index is 13.6. The Labute approximate surface area is 207 Å². The molecule has 0 bridgehead atoms. The molecule has 0 aliphatic carbocycles. The molecule has 0 saturated carbocycles. The average Bonchev–Trinajstić information content (AvgIpc) is 3.18. The lowest BCUT2D eigenvalue weighted by Gasteiger charge is -2.45. The van der Waals surface area contributed by atoms with E-state index in [2.05, 4.69) is 0 Å². The molecule has 2 amide bonds. The summed E-state index contributed by atoms with van der Waals surface area (Å²) in [4.78, 5) is 39.7. The van der Waals surface area contributed by atoms with E-state index in [-0.39, 0.29) is 41.7 Å². The van der Waals surface area contributed by atoms with Crippen LogP contribution in [0, 0.1) is 11.8 Å². The maximum Gasteiger partial charge on any atom is 0.356 e. The van der Waals surface area contributed by atoms with Gasteiger partial charge in [0.25, 0.3) is 0 Å². The Balaban J connectivity index is 1.66. The van der Waals surface area contributed by atoms with Crippen LogP contribution in [0.25, 0.3) is 0 Å². The van der Waals surface area contributed by atoms with Crippen LogP contribution in [0.2, 0.25) is 0 Å². The van der Waals surface area contributed by atoms with Crippen LogP contribution in [-0.4, -0.2) is 38.7 Å². The molecule has 2 aromatic carbocycles. The van der Waals surface area contributed by atoms with E-state index < -0.39 is 28.8 Å². The molecular formula is C27H30N2O5S. The number of nitrogens with two attached hydrogens (primary N) is 1. The van der Waals surface area contributed by atoms with Crippen LogP contribution < -0.4 is 5.73 Å². The number of β-lactam (4-membered cyclic amide) rings is 1. The SMILES string of the molecule is CC(C)C1C(=O)N2C(C(=O)OC(c3ccccc3)c3ccccc3)=C(S(=O)CCCC(N)=O)CC12. The number of benzene rings is 2. The molecule has 2 N–H and O–H groups in total. The predicted octanol–water partition coefficient (Wildman–Crippen LogP) is 3.43. The first-order valence-electron chi connectivity index (χ1n) is 11.8. The van der Waals surface area contributed by atoms with Gasteiger partial charge >= 0.3 is 5.97 Å². The number of amides is 2. The van der Waals surface area contributed by atoms with Gasteiger partial charge in [-0.3, -0.25) is 13.8 Å². The summed E-state index contributed by atoms with van der Waals surface area (Å²) in [6.07, 6.45) is 0.141. The van der Waals surface area contributed by atoms with E-state index in [1.54, 1.807) is 0 Å². The van der Waals surface area contributed by atoms with Gasteiger partial charge in [0.1, 0.15) is 5.70 Å². The Bertz CT molecular complexity index is 1120. The van der Waals surface area contributed by atoms with Gasteiger partial charge in [-0.2, -0.15) is 0 Å². The van der Waals surface area contributed by atoms with E-state index in [1.165, 1.54) is 4.90 Å². The van der Waals surface area contributed by atoms with Gasteiger partial charge < -0.3 is 15.4 Å². The smallest absolute Gasteiger partial charge is 0.356 e. The highest BCUT2D eigenvalue weighted by Crippen LogP contribution is 2.47. The zero-order chi connectivity index (χ0) is 25.1. The number of hydrogen-bond donors (Lipinski definition) is 1. The lowest BCUT2D eigenvalue weighted by molar-refractivity contribution is -0.160. The van der Waals surface area contributed by atoms with Crippen LogP contribution in [0.3, 0.4) is 0 Å². The summed E-state index contributed by atoms with van der Waals surface area (Å²) in [5.74, 6) is -1.20. The molecule has 3 unspecified atom stereocenters. The molecule has 3 atom stereocenters. The van der Waals surface area contributed by atoms with Crippen LogP contribution in [0.5, 0.6) is 0 Å². The molecule has 7 nitrogen and oxygen atoms in total. The molecule has 2 heterocycles. The minimum Gasteiger partial charge on any atom is -0.448 e. The molecule has 1 saturated heterocycles.